The summed E-state index contributed by atoms with van der Waals surface area (Å²) in [5, 5.41) is 8.89. The fraction of sp³-hybridized carbons (Fsp3) is 0.333. The lowest BCUT2D eigenvalue weighted by atomic mass is 9.89. The summed E-state index contributed by atoms with van der Waals surface area (Å²) < 4.78 is 13.6. The molecular weight excluding hydrogens is 273 g/mol. The number of halogens is 2. The number of benzene rings is 1. The van der Waals surface area contributed by atoms with Crippen LogP contribution in [0.2, 0.25) is 0 Å². The van der Waals surface area contributed by atoms with E-state index in [9.17, 15) is 9.18 Å². The number of hydrogen-bond acceptors (Lipinski definition) is 2. The van der Waals surface area contributed by atoms with Crippen LogP contribution in [-0.4, -0.2) is 5.78 Å². The van der Waals surface area contributed by atoms with Crippen molar-refractivity contribution in [1.82, 2.24) is 0 Å². The third kappa shape index (κ3) is 2.89. The molecule has 16 heavy (non-hydrogen) atoms. The van der Waals surface area contributed by atoms with E-state index in [1.807, 2.05) is 6.07 Å². The highest BCUT2D eigenvalue weighted by Crippen LogP contribution is 2.21. The summed E-state index contributed by atoms with van der Waals surface area (Å²) in [5.41, 5.74) is 0.229. The second-order valence-electron chi connectivity index (χ2n) is 3.87. The van der Waals surface area contributed by atoms with E-state index in [1.54, 1.807) is 13.8 Å². The summed E-state index contributed by atoms with van der Waals surface area (Å²) in [7, 11) is 0. The standard InChI is InChI=1S/C12H11BrFNO/c1-7(2)11(6-15)12(16)8-3-9(13)5-10(14)4-8/h3-5,7,11H,1-2H3. The molecule has 0 aliphatic rings. The second kappa shape index (κ2) is 5.22. The van der Waals surface area contributed by atoms with Crippen molar-refractivity contribution in [2.24, 2.45) is 11.8 Å². The zero-order valence-corrected chi connectivity index (χ0v) is 10.6. The average molecular weight is 284 g/mol. The Labute approximate surface area is 102 Å². The Hall–Kier alpha value is -1.21. The van der Waals surface area contributed by atoms with E-state index in [-0.39, 0.29) is 17.3 Å². The first-order valence-electron chi connectivity index (χ1n) is 4.85. The van der Waals surface area contributed by atoms with Gasteiger partial charge in [0, 0.05) is 10.0 Å². The molecule has 4 heteroatoms. The summed E-state index contributed by atoms with van der Waals surface area (Å²) in [4.78, 5) is 11.9. The Balaban J connectivity index is 3.09. The van der Waals surface area contributed by atoms with Crippen molar-refractivity contribution in [3.63, 3.8) is 0 Å². The topological polar surface area (TPSA) is 40.9 Å². The summed E-state index contributed by atoms with van der Waals surface area (Å²) in [5.74, 6) is -1.64. The molecule has 0 radical (unpaired) electrons. The minimum Gasteiger partial charge on any atom is -0.293 e. The molecule has 0 fully saturated rings. The number of hydrogen-bond donors (Lipinski definition) is 0. The van der Waals surface area contributed by atoms with E-state index in [2.05, 4.69) is 15.9 Å². The fourth-order valence-electron chi connectivity index (χ4n) is 1.39. The van der Waals surface area contributed by atoms with Crippen molar-refractivity contribution in [3.8, 4) is 6.07 Å². The van der Waals surface area contributed by atoms with Crippen LogP contribution in [0.3, 0.4) is 0 Å². The molecule has 0 saturated carbocycles. The molecule has 0 spiro atoms. The first kappa shape index (κ1) is 12.9. The predicted molar refractivity (Wildman–Crippen MR) is 62.4 cm³/mol. The van der Waals surface area contributed by atoms with Crippen molar-refractivity contribution in [3.05, 3.63) is 34.1 Å². The molecular formula is C12H11BrFNO. The Bertz CT molecular complexity index is 431. The van der Waals surface area contributed by atoms with Crippen LogP contribution in [0.4, 0.5) is 4.39 Å². The van der Waals surface area contributed by atoms with Crippen LogP contribution in [0.25, 0.3) is 0 Å². The maximum Gasteiger partial charge on any atom is 0.180 e. The summed E-state index contributed by atoms with van der Waals surface area (Å²) >= 11 is 3.11. The van der Waals surface area contributed by atoms with Crippen LogP contribution in [0.5, 0.6) is 0 Å². The van der Waals surface area contributed by atoms with Gasteiger partial charge in [-0.15, -0.1) is 0 Å². The molecule has 2 nitrogen and oxygen atoms in total. The third-order valence-corrected chi connectivity index (χ3v) is 2.69. The lowest BCUT2D eigenvalue weighted by Gasteiger charge is -2.11. The van der Waals surface area contributed by atoms with E-state index in [0.717, 1.165) is 6.07 Å². The largest absolute Gasteiger partial charge is 0.293 e. The molecule has 1 aromatic rings. The van der Waals surface area contributed by atoms with E-state index in [0.29, 0.717) is 4.47 Å². The van der Waals surface area contributed by atoms with Gasteiger partial charge in [-0.1, -0.05) is 29.8 Å². The molecule has 1 atom stereocenters. The lowest BCUT2D eigenvalue weighted by molar-refractivity contribution is 0.0924. The maximum atomic E-state index is 13.1. The van der Waals surface area contributed by atoms with Gasteiger partial charge in [0.2, 0.25) is 0 Å². The van der Waals surface area contributed by atoms with Crippen LogP contribution in [0, 0.1) is 29.0 Å². The highest BCUT2D eigenvalue weighted by molar-refractivity contribution is 9.10. The molecule has 0 aliphatic heterocycles. The van der Waals surface area contributed by atoms with Crippen molar-refractivity contribution < 1.29 is 9.18 Å². The molecule has 1 rings (SSSR count). The maximum absolute atomic E-state index is 13.1. The minimum absolute atomic E-state index is 0.0838. The fourth-order valence-corrected chi connectivity index (χ4v) is 1.85. The molecule has 1 unspecified atom stereocenters. The first-order valence-corrected chi connectivity index (χ1v) is 5.65. The SMILES string of the molecule is CC(C)C(C#N)C(=O)c1cc(F)cc(Br)c1. The Morgan fingerprint density at radius 2 is 2.06 bits per heavy atom. The molecule has 0 N–H and O–H groups in total. The number of carbonyl (C=O) groups is 1. The lowest BCUT2D eigenvalue weighted by Crippen LogP contribution is -2.18. The van der Waals surface area contributed by atoms with Gasteiger partial charge in [-0.3, -0.25) is 4.79 Å². The summed E-state index contributed by atoms with van der Waals surface area (Å²) in [6.45, 7) is 3.58. The molecule has 84 valence electrons. The number of nitriles is 1. The number of ketones is 1. The number of carbonyl (C=O) groups excluding carboxylic acids is 1. The average Bonchev–Trinajstić information content (AvgIpc) is 2.16. The molecule has 1 aromatic carbocycles. The summed E-state index contributed by atoms with van der Waals surface area (Å²) in [6.07, 6.45) is 0. The Morgan fingerprint density at radius 1 is 1.44 bits per heavy atom. The van der Waals surface area contributed by atoms with Gasteiger partial charge in [0.1, 0.15) is 11.7 Å². The molecule has 0 aromatic heterocycles. The molecule has 0 bridgehead atoms. The van der Waals surface area contributed by atoms with Gasteiger partial charge in [0.05, 0.1) is 6.07 Å². The quantitative estimate of drug-likeness (QED) is 0.796. The number of nitrogens with zero attached hydrogens (tertiary/aromatic N) is 1. The van der Waals surface area contributed by atoms with Gasteiger partial charge in [-0.25, -0.2) is 4.39 Å². The highest BCUT2D eigenvalue weighted by atomic mass is 79.9. The summed E-state index contributed by atoms with van der Waals surface area (Å²) in [6, 6.07) is 5.90. The third-order valence-electron chi connectivity index (χ3n) is 2.24. The highest BCUT2D eigenvalue weighted by Gasteiger charge is 2.23. The van der Waals surface area contributed by atoms with Gasteiger partial charge < -0.3 is 0 Å². The monoisotopic (exact) mass is 283 g/mol. The van der Waals surface area contributed by atoms with Crippen molar-refractivity contribution in [2.45, 2.75) is 13.8 Å². The van der Waals surface area contributed by atoms with Crippen LogP contribution < -0.4 is 0 Å². The Kier molecular flexibility index (Phi) is 4.19. The zero-order valence-electron chi connectivity index (χ0n) is 9.00. The molecule has 0 heterocycles. The van der Waals surface area contributed by atoms with Gasteiger partial charge in [-0.2, -0.15) is 5.26 Å². The van der Waals surface area contributed by atoms with Crippen LogP contribution in [0.15, 0.2) is 22.7 Å². The zero-order chi connectivity index (χ0) is 12.3. The van der Waals surface area contributed by atoms with Crippen molar-refractivity contribution in [1.29, 1.82) is 5.26 Å². The van der Waals surface area contributed by atoms with Crippen molar-refractivity contribution in [2.75, 3.05) is 0 Å². The van der Waals surface area contributed by atoms with Gasteiger partial charge >= 0.3 is 0 Å². The molecule has 0 amide bonds. The van der Waals surface area contributed by atoms with Crippen molar-refractivity contribution >= 4 is 21.7 Å². The predicted octanol–water partition coefficient (Wildman–Crippen LogP) is 3.57. The second-order valence-corrected chi connectivity index (χ2v) is 4.79. The van der Waals surface area contributed by atoms with E-state index in [4.69, 9.17) is 5.26 Å². The van der Waals surface area contributed by atoms with Crippen LogP contribution >= 0.6 is 15.9 Å². The van der Waals surface area contributed by atoms with E-state index < -0.39 is 11.7 Å². The minimum atomic E-state index is -0.728. The van der Waals surface area contributed by atoms with E-state index in [1.165, 1.54) is 12.1 Å². The van der Waals surface area contributed by atoms with Gasteiger partial charge in [0.25, 0.3) is 0 Å². The molecule has 0 aliphatic carbocycles. The normalized spacial score (nSPS) is 12.2. The first-order chi connectivity index (χ1) is 7.45. The Morgan fingerprint density at radius 3 is 2.50 bits per heavy atom. The van der Waals surface area contributed by atoms with Gasteiger partial charge in [-0.05, 0) is 24.1 Å². The van der Waals surface area contributed by atoms with Crippen LogP contribution in [-0.2, 0) is 0 Å². The van der Waals surface area contributed by atoms with Gasteiger partial charge in [0.15, 0.2) is 5.78 Å². The number of rotatable bonds is 3. The van der Waals surface area contributed by atoms with E-state index >= 15 is 0 Å². The van der Waals surface area contributed by atoms with Crippen LogP contribution in [0.1, 0.15) is 24.2 Å². The number of Topliss-reactive ketones (excluding diaryl/α,β-unsaturated/α-hetero) is 1. The smallest absolute Gasteiger partial charge is 0.180 e. The molecule has 0 saturated heterocycles.